The summed E-state index contributed by atoms with van der Waals surface area (Å²) in [5, 5.41) is 6.59. The van der Waals surface area contributed by atoms with E-state index in [4.69, 9.17) is 4.74 Å². The second-order valence-corrected chi connectivity index (χ2v) is 4.59. The molecule has 0 radical (unpaired) electrons. The van der Waals surface area contributed by atoms with Crippen molar-refractivity contribution in [1.82, 2.24) is 10.6 Å². The van der Waals surface area contributed by atoms with E-state index < -0.39 is 0 Å². The molecule has 112 valence electrons. The Morgan fingerprint density at radius 1 is 1.15 bits per heavy atom. The van der Waals surface area contributed by atoms with E-state index in [1.54, 1.807) is 7.11 Å². The molecule has 0 unspecified atom stereocenters. The van der Waals surface area contributed by atoms with Gasteiger partial charge in [-0.1, -0.05) is 31.2 Å². The van der Waals surface area contributed by atoms with E-state index in [2.05, 4.69) is 53.7 Å². The predicted molar refractivity (Wildman–Crippen MR) is 85.1 cm³/mol. The third-order valence-electron chi connectivity index (χ3n) is 3.07. The zero-order valence-corrected chi connectivity index (χ0v) is 12.9. The van der Waals surface area contributed by atoms with E-state index in [9.17, 15) is 0 Å². The van der Waals surface area contributed by atoms with Gasteiger partial charge in [-0.15, -0.1) is 0 Å². The summed E-state index contributed by atoms with van der Waals surface area (Å²) in [4.78, 5) is 4.64. The maximum absolute atomic E-state index is 5.04. The molecule has 4 heteroatoms. The Kier molecular flexibility index (Phi) is 8.47. The van der Waals surface area contributed by atoms with Gasteiger partial charge in [-0.25, -0.2) is 4.99 Å². The molecule has 20 heavy (non-hydrogen) atoms. The molecular weight excluding hydrogens is 250 g/mol. The van der Waals surface area contributed by atoms with E-state index in [0.29, 0.717) is 6.54 Å². The predicted octanol–water partition coefficient (Wildman–Crippen LogP) is 2.34. The minimum atomic E-state index is 0.712. The summed E-state index contributed by atoms with van der Waals surface area (Å²) in [6.45, 7) is 7.47. The molecule has 0 spiro atoms. The van der Waals surface area contributed by atoms with Crippen LogP contribution >= 0.6 is 0 Å². The molecule has 0 aliphatic rings. The van der Waals surface area contributed by atoms with Crippen LogP contribution in [0.2, 0.25) is 0 Å². The first-order valence-corrected chi connectivity index (χ1v) is 7.39. The quantitative estimate of drug-likeness (QED) is 0.435. The zero-order valence-electron chi connectivity index (χ0n) is 12.9. The lowest BCUT2D eigenvalue weighted by Crippen LogP contribution is -2.38. The van der Waals surface area contributed by atoms with Gasteiger partial charge in [0.2, 0.25) is 0 Å². The third-order valence-corrected chi connectivity index (χ3v) is 3.07. The Labute approximate surface area is 122 Å². The first kappa shape index (κ1) is 16.5. The molecule has 0 bridgehead atoms. The van der Waals surface area contributed by atoms with Crippen molar-refractivity contribution in [3.8, 4) is 0 Å². The van der Waals surface area contributed by atoms with Crippen LogP contribution in [0.25, 0.3) is 0 Å². The summed E-state index contributed by atoms with van der Waals surface area (Å²) in [5.41, 5.74) is 2.66. The molecule has 4 nitrogen and oxygen atoms in total. The average molecular weight is 277 g/mol. The van der Waals surface area contributed by atoms with Crippen molar-refractivity contribution in [3.05, 3.63) is 35.4 Å². The van der Waals surface area contributed by atoms with Crippen LogP contribution in [0.3, 0.4) is 0 Å². The lowest BCUT2D eigenvalue weighted by Gasteiger charge is -2.12. The van der Waals surface area contributed by atoms with Crippen molar-refractivity contribution in [2.45, 2.75) is 33.2 Å². The normalized spacial score (nSPS) is 11.4. The third kappa shape index (κ3) is 6.06. The molecule has 0 aromatic heterocycles. The summed E-state index contributed by atoms with van der Waals surface area (Å²) in [7, 11) is 1.72. The second-order valence-electron chi connectivity index (χ2n) is 4.59. The van der Waals surface area contributed by atoms with Crippen molar-refractivity contribution in [2.24, 2.45) is 4.99 Å². The van der Waals surface area contributed by atoms with Crippen molar-refractivity contribution in [3.63, 3.8) is 0 Å². The maximum Gasteiger partial charge on any atom is 0.191 e. The lowest BCUT2D eigenvalue weighted by molar-refractivity contribution is 0.195. The van der Waals surface area contributed by atoms with Crippen molar-refractivity contribution in [2.75, 3.05) is 26.8 Å². The Balaban J connectivity index is 2.57. The Morgan fingerprint density at radius 2 is 1.90 bits per heavy atom. The van der Waals surface area contributed by atoms with Gasteiger partial charge in [0.15, 0.2) is 5.96 Å². The highest BCUT2D eigenvalue weighted by atomic mass is 16.5. The van der Waals surface area contributed by atoms with Crippen LogP contribution in [-0.4, -0.2) is 32.8 Å². The van der Waals surface area contributed by atoms with Crippen molar-refractivity contribution in [1.29, 1.82) is 0 Å². The number of guanidine groups is 1. The number of benzene rings is 1. The average Bonchev–Trinajstić information content (AvgIpc) is 2.49. The standard InChI is InChI=1S/C16H27N3O/c1-4-14-9-6-7-10-15(14)13-19-16(17-5-2)18-11-8-12-20-3/h6-7,9-10H,4-5,8,11-13H2,1-3H3,(H2,17,18,19). The van der Waals surface area contributed by atoms with E-state index >= 15 is 0 Å². The number of nitrogens with one attached hydrogen (secondary N) is 2. The van der Waals surface area contributed by atoms with Crippen LogP contribution < -0.4 is 10.6 Å². The van der Waals surface area contributed by atoms with Gasteiger partial charge >= 0.3 is 0 Å². The molecule has 0 saturated carbocycles. The molecule has 0 amide bonds. The molecule has 0 saturated heterocycles. The van der Waals surface area contributed by atoms with E-state index in [1.807, 2.05) is 0 Å². The van der Waals surface area contributed by atoms with Crippen LogP contribution in [0.4, 0.5) is 0 Å². The molecular formula is C16H27N3O. The number of aryl methyl sites for hydroxylation is 1. The van der Waals surface area contributed by atoms with Gasteiger partial charge in [-0.05, 0) is 30.9 Å². The van der Waals surface area contributed by atoms with Crippen LogP contribution in [0.5, 0.6) is 0 Å². The first-order chi connectivity index (χ1) is 9.81. The van der Waals surface area contributed by atoms with Gasteiger partial charge in [0.1, 0.15) is 0 Å². The number of rotatable bonds is 8. The van der Waals surface area contributed by atoms with Crippen LogP contribution in [0.1, 0.15) is 31.4 Å². The highest BCUT2D eigenvalue weighted by Crippen LogP contribution is 2.10. The topological polar surface area (TPSA) is 45.7 Å². The maximum atomic E-state index is 5.04. The van der Waals surface area contributed by atoms with Crippen molar-refractivity contribution >= 4 is 5.96 Å². The van der Waals surface area contributed by atoms with E-state index in [-0.39, 0.29) is 0 Å². The number of ether oxygens (including phenoxy) is 1. The minimum absolute atomic E-state index is 0.712. The Morgan fingerprint density at radius 3 is 2.55 bits per heavy atom. The molecule has 0 heterocycles. The number of methoxy groups -OCH3 is 1. The molecule has 1 rings (SSSR count). The van der Waals surface area contributed by atoms with Crippen LogP contribution in [0, 0.1) is 0 Å². The summed E-state index contributed by atoms with van der Waals surface area (Å²) in [6.07, 6.45) is 2.02. The molecule has 1 aromatic carbocycles. The van der Waals surface area contributed by atoms with E-state index in [1.165, 1.54) is 11.1 Å². The lowest BCUT2D eigenvalue weighted by atomic mass is 10.1. The number of nitrogens with zero attached hydrogens (tertiary/aromatic N) is 1. The SMILES string of the molecule is CCNC(=NCc1ccccc1CC)NCCCOC. The monoisotopic (exact) mass is 277 g/mol. The van der Waals surface area contributed by atoms with Gasteiger partial charge < -0.3 is 15.4 Å². The van der Waals surface area contributed by atoms with Gasteiger partial charge in [0.25, 0.3) is 0 Å². The van der Waals surface area contributed by atoms with Gasteiger partial charge in [0, 0.05) is 26.8 Å². The summed E-state index contributed by atoms with van der Waals surface area (Å²) >= 11 is 0. The highest BCUT2D eigenvalue weighted by Gasteiger charge is 2.00. The molecule has 0 aliphatic carbocycles. The molecule has 1 aromatic rings. The zero-order chi connectivity index (χ0) is 14.6. The Hall–Kier alpha value is -1.55. The second kappa shape index (κ2) is 10.3. The smallest absolute Gasteiger partial charge is 0.191 e. The van der Waals surface area contributed by atoms with Gasteiger partial charge in [0.05, 0.1) is 6.54 Å². The van der Waals surface area contributed by atoms with Crippen molar-refractivity contribution < 1.29 is 4.74 Å². The van der Waals surface area contributed by atoms with Gasteiger partial charge in [-0.2, -0.15) is 0 Å². The fourth-order valence-corrected chi connectivity index (χ4v) is 1.99. The molecule has 0 aliphatic heterocycles. The molecule has 0 atom stereocenters. The Bertz CT molecular complexity index is 404. The largest absolute Gasteiger partial charge is 0.385 e. The fourth-order valence-electron chi connectivity index (χ4n) is 1.99. The molecule has 2 N–H and O–H groups in total. The summed E-state index contributed by atoms with van der Waals surface area (Å²) in [6, 6.07) is 8.48. The van der Waals surface area contributed by atoms with E-state index in [0.717, 1.165) is 38.5 Å². The van der Waals surface area contributed by atoms with Crippen LogP contribution in [0.15, 0.2) is 29.3 Å². The minimum Gasteiger partial charge on any atom is -0.385 e. The molecule has 0 fully saturated rings. The first-order valence-electron chi connectivity index (χ1n) is 7.39. The highest BCUT2D eigenvalue weighted by molar-refractivity contribution is 5.79. The summed E-state index contributed by atoms with van der Waals surface area (Å²) < 4.78 is 5.04. The summed E-state index contributed by atoms with van der Waals surface area (Å²) in [5.74, 6) is 0.870. The number of aliphatic imine (C=N–C) groups is 1. The van der Waals surface area contributed by atoms with Crippen LogP contribution in [-0.2, 0) is 17.7 Å². The number of hydrogen-bond donors (Lipinski definition) is 2. The number of hydrogen-bond acceptors (Lipinski definition) is 2. The van der Waals surface area contributed by atoms with Gasteiger partial charge in [-0.3, -0.25) is 0 Å². The fraction of sp³-hybridized carbons (Fsp3) is 0.562.